The van der Waals surface area contributed by atoms with Crippen molar-refractivity contribution in [3.05, 3.63) is 35.9 Å². The van der Waals surface area contributed by atoms with Crippen molar-refractivity contribution in [2.24, 2.45) is 0 Å². The molecule has 0 radical (unpaired) electrons. The van der Waals surface area contributed by atoms with Gasteiger partial charge < -0.3 is 5.32 Å². The zero-order valence-corrected chi connectivity index (χ0v) is 10.0. The molecule has 1 unspecified atom stereocenters. The van der Waals surface area contributed by atoms with Crippen molar-refractivity contribution in [3.63, 3.8) is 0 Å². The van der Waals surface area contributed by atoms with E-state index in [1.165, 1.54) is 0 Å². The van der Waals surface area contributed by atoms with Crippen LogP contribution in [0.25, 0.3) is 0 Å². The lowest BCUT2D eigenvalue weighted by Crippen LogP contribution is -2.28. The first-order chi connectivity index (χ1) is 7.75. The van der Waals surface area contributed by atoms with E-state index < -0.39 is 0 Å². The molecule has 1 atom stereocenters. The van der Waals surface area contributed by atoms with Crippen molar-refractivity contribution in [1.82, 2.24) is 5.32 Å². The van der Waals surface area contributed by atoms with Gasteiger partial charge in [0.2, 0.25) is 5.91 Å². The topological polar surface area (TPSA) is 52.9 Å². The van der Waals surface area contributed by atoms with E-state index in [9.17, 15) is 4.79 Å². The highest BCUT2D eigenvalue weighted by Gasteiger charge is 2.13. The average Bonchev–Trinajstić information content (AvgIpc) is 2.38. The molecule has 0 bridgehead atoms. The molecule has 0 saturated carbocycles. The maximum atomic E-state index is 11.4. The normalized spacial score (nSPS) is 10.4. The molecule has 1 rings (SSSR count). The van der Waals surface area contributed by atoms with Crippen LogP contribution in [0.15, 0.2) is 30.3 Å². The van der Waals surface area contributed by atoms with Gasteiger partial charge in [-0.05, 0) is 12.5 Å². The third-order valence-corrected chi connectivity index (χ3v) is 2.03. The van der Waals surface area contributed by atoms with Crippen LogP contribution in [0.2, 0.25) is 0 Å². The molecule has 1 aromatic rings. The SMILES string of the molecule is CC.CC(C(=O)NCC#N)c1ccccc1. The van der Waals surface area contributed by atoms with Crippen LogP contribution in [0, 0.1) is 11.3 Å². The average molecular weight is 218 g/mol. The Hall–Kier alpha value is -1.82. The van der Waals surface area contributed by atoms with Gasteiger partial charge in [-0.2, -0.15) is 5.26 Å². The summed E-state index contributed by atoms with van der Waals surface area (Å²) in [5, 5.41) is 10.8. The number of nitrogens with zero attached hydrogens (tertiary/aromatic N) is 1. The van der Waals surface area contributed by atoms with Crippen LogP contribution in [0.4, 0.5) is 0 Å². The third kappa shape index (κ3) is 4.61. The number of carbonyl (C=O) groups is 1. The number of nitrogens with one attached hydrogen (secondary N) is 1. The summed E-state index contributed by atoms with van der Waals surface area (Å²) in [5.41, 5.74) is 0.961. The van der Waals surface area contributed by atoms with Gasteiger partial charge in [-0.25, -0.2) is 0 Å². The minimum atomic E-state index is -0.204. The van der Waals surface area contributed by atoms with E-state index in [0.29, 0.717) is 0 Å². The van der Waals surface area contributed by atoms with Gasteiger partial charge in [-0.1, -0.05) is 44.2 Å². The maximum absolute atomic E-state index is 11.4. The summed E-state index contributed by atoms with van der Waals surface area (Å²) in [6.45, 7) is 5.89. The number of carbonyl (C=O) groups excluding carboxylic acids is 1. The molecule has 3 heteroatoms. The molecule has 86 valence electrons. The van der Waals surface area contributed by atoms with Crippen LogP contribution in [0.5, 0.6) is 0 Å². The Labute approximate surface area is 97.1 Å². The summed E-state index contributed by atoms with van der Waals surface area (Å²) in [4.78, 5) is 11.4. The van der Waals surface area contributed by atoms with Crippen LogP contribution in [-0.2, 0) is 4.79 Å². The molecule has 0 heterocycles. The second kappa shape index (κ2) is 8.49. The van der Waals surface area contributed by atoms with E-state index in [1.807, 2.05) is 57.2 Å². The van der Waals surface area contributed by atoms with Crippen molar-refractivity contribution >= 4 is 5.91 Å². The van der Waals surface area contributed by atoms with Gasteiger partial charge >= 0.3 is 0 Å². The first-order valence-corrected chi connectivity index (χ1v) is 5.45. The first-order valence-electron chi connectivity index (χ1n) is 5.45. The Kier molecular flexibility index (Phi) is 7.52. The maximum Gasteiger partial charge on any atom is 0.228 e. The molecule has 0 aromatic heterocycles. The number of hydrogen-bond acceptors (Lipinski definition) is 2. The van der Waals surface area contributed by atoms with Crippen LogP contribution in [0.3, 0.4) is 0 Å². The van der Waals surface area contributed by atoms with Gasteiger partial charge in [-0.15, -0.1) is 0 Å². The molecule has 0 aliphatic carbocycles. The summed E-state index contributed by atoms with van der Waals surface area (Å²) in [5.74, 6) is -0.317. The second-order valence-corrected chi connectivity index (χ2v) is 3.01. The van der Waals surface area contributed by atoms with Gasteiger partial charge in [0.05, 0.1) is 12.0 Å². The zero-order valence-electron chi connectivity index (χ0n) is 10.0. The molecule has 0 aliphatic rings. The lowest BCUT2D eigenvalue weighted by molar-refractivity contribution is -0.121. The molecule has 0 saturated heterocycles. The molecule has 1 aromatic carbocycles. The van der Waals surface area contributed by atoms with Gasteiger partial charge in [0.15, 0.2) is 0 Å². The Morgan fingerprint density at radius 2 is 1.94 bits per heavy atom. The lowest BCUT2D eigenvalue weighted by Gasteiger charge is -2.10. The molecule has 1 N–H and O–H groups in total. The van der Waals surface area contributed by atoms with Crippen LogP contribution < -0.4 is 5.32 Å². The smallest absolute Gasteiger partial charge is 0.228 e. The number of benzene rings is 1. The number of rotatable bonds is 3. The molecule has 0 aliphatic heterocycles. The fourth-order valence-electron chi connectivity index (χ4n) is 1.17. The monoisotopic (exact) mass is 218 g/mol. The fraction of sp³-hybridized carbons (Fsp3) is 0.385. The Bertz CT molecular complexity index is 341. The standard InChI is InChI=1S/C11H12N2O.C2H6/c1-9(11(14)13-8-7-12)10-5-3-2-4-6-10;1-2/h2-6,9H,8H2,1H3,(H,13,14);1-2H3. The van der Waals surface area contributed by atoms with Gasteiger partial charge in [0, 0.05) is 0 Å². The summed E-state index contributed by atoms with van der Waals surface area (Å²) in [6.07, 6.45) is 0. The van der Waals surface area contributed by atoms with E-state index in [0.717, 1.165) is 5.56 Å². The second-order valence-electron chi connectivity index (χ2n) is 3.01. The van der Waals surface area contributed by atoms with E-state index in [4.69, 9.17) is 5.26 Å². The van der Waals surface area contributed by atoms with E-state index in [1.54, 1.807) is 0 Å². The van der Waals surface area contributed by atoms with Gasteiger partial charge in [0.25, 0.3) is 0 Å². The Morgan fingerprint density at radius 1 is 1.38 bits per heavy atom. The van der Waals surface area contributed by atoms with Crippen molar-refractivity contribution in [2.75, 3.05) is 6.54 Å². The van der Waals surface area contributed by atoms with Crippen LogP contribution in [-0.4, -0.2) is 12.5 Å². The quantitative estimate of drug-likeness (QED) is 0.792. The highest BCUT2D eigenvalue weighted by Crippen LogP contribution is 2.13. The van der Waals surface area contributed by atoms with Crippen LogP contribution in [0.1, 0.15) is 32.3 Å². The highest BCUT2D eigenvalue weighted by atomic mass is 16.1. The van der Waals surface area contributed by atoms with E-state index in [-0.39, 0.29) is 18.4 Å². The molecular formula is C13H18N2O. The summed E-state index contributed by atoms with van der Waals surface area (Å²) < 4.78 is 0. The minimum Gasteiger partial charge on any atom is -0.342 e. The van der Waals surface area contributed by atoms with Gasteiger partial charge in [0.1, 0.15) is 6.54 Å². The molecule has 3 nitrogen and oxygen atoms in total. The Morgan fingerprint density at radius 3 is 2.44 bits per heavy atom. The van der Waals surface area contributed by atoms with Crippen molar-refractivity contribution in [2.45, 2.75) is 26.7 Å². The van der Waals surface area contributed by atoms with E-state index in [2.05, 4.69) is 5.32 Å². The highest BCUT2D eigenvalue weighted by molar-refractivity contribution is 5.83. The largest absolute Gasteiger partial charge is 0.342 e. The summed E-state index contributed by atoms with van der Waals surface area (Å²) >= 11 is 0. The molecule has 0 fully saturated rings. The minimum absolute atomic E-state index is 0.0655. The van der Waals surface area contributed by atoms with Crippen LogP contribution >= 0.6 is 0 Å². The Balaban J connectivity index is 0.00000106. The van der Waals surface area contributed by atoms with E-state index >= 15 is 0 Å². The van der Waals surface area contributed by atoms with Crippen molar-refractivity contribution < 1.29 is 4.79 Å². The lowest BCUT2D eigenvalue weighted by atomic mass is 10.0. The molecule has 1 amide bonds. The number of nitriles is 1. The zero-order chi connectivity index (χ0) is 12.4. The fourth-order valence-corrected chi connectivity index (χ4v) is 1.17. The van der Waals surface area contributed by atoms with Crippen molar-refractivity contribution in [3.8, 4) is 6.07 Å². The third-order valence-electron chi connectivity index (χ3n) is 2.03. The first kappa shape index (κ1) is 14.2. The number of amides is 1. The predicted molar refractivity (Wildman–Crippen MR) is 64.8 cm³/mol. The predicted octanol–water partition coefficient (Wildman–Crippen LogP) is 2.46. The molecule has 0 spiro atoms. The van der Waals surface area contributed by atoms with Crippen molar-refractivity contribution in [1.29, 1.82) is 5.26 Å². The molecular weight excluding hydrogens is 200 g/mol. The van der Waals surface area contributed by atoms with Gasteiger partial charge in [-0.3, -0.25) is 4.79 Å². The summed E-state index contributed by atoms with van der Waals surface area (Å²) in [7, 11) is 0. The number of hydrogen-bond donors (Lipinski definition) is 1. The summed E-state index contributed by atoms with van der Waals surface area (Å²) in [6, 6.07) is 11.4. The molecule has 16 heavy (non-hydrogen) atoms.